The number of carbonyl (C=O) groups is 1. The smallest absolute Gasteiger partial charge is 0.253 e. The molecule has 1 aliphatic rings. The fraction of sp³-hybridized carbons (Fsp3) is 0.400. The third kappa shape index (κ3) is 3.69. The van der Waals surface area contributed by atoms with Crippen molar-refractivity contribution in [2.24, 2.45) is 5.92 Å². The normalized spacial score (nSPS) is 15.1. The molecule has 0 bridgehead atoms. The van der Waals surface area contributed by atoms with E-state index >= 15 is 0 Å². The molecule has 2 aromatic heterocycles. The Bertz CT molecular complexity index is 981. The van der Waals surface area contributed by atoms with Gasteiger partial charge in [0.2, 0.25) is 11.1 Å². The molecular weight excluding hydrogens is 358 g/mol. The SMILES string of the molecule is CSc1nc2nc(C)c(CC(=O)NC(c3ccccc3)C3CC3)c(C)n2n1. The lowest BCUT2D eigenvalue weighted by Gasteiger charge is -2.19. The van der Waals surface area contributed by atoms with Gasteiger partial charge in [0.05, 0.1) is 12.5 Å². The summed E-state index contributed by atoms with van der Waals surface area (Å²) in [5.41, 5.74) is 3.84. The molecule has 2 heterocycles. The number of rotatable bonds is 6. The third-order valence-corrected chi connectivity index (χ3v) is 5.66. The van der Waals surface area contributed by atoms with Gasteiger partial charge < -0.3 is 5.32 Å². The van der Waals surface area contributed by atoms with E-state index in [0.717, 1.165) is 17.0 Å². The Kier molecular flexibility index (Phi) is 4.86. The van der Waals surface area contributed by atoms with Crippen LogP contribution in [-0.2, 0) is 11.2 Å². The first kappa shape index (κ1) is 18.0. The van der Waals surface area contributed by atoms with Crippen LogP contribution in [0.5, 0.6) is 0 Å². The van der Waals surface area contributed by atoms with Crippen molar-refractivity contribution in [3.8, 4) is 0 Å². The van der Waals surface area contributed by atoms with Crippen molar-refractivity contribution in [3.05, 3.63) is 52.8 Å². The van der Waals surface area contributed by atoms with E-state index in [2.05, 4.69) is 32.5 Å². The zero-order chi connectivity index (χ0) is 19.0. The predicted octanol–water partition coefficient (Wildman–Crippen LogP) is 3.27. The van der Waals surface area contributed by atoms with E-state index in [1.54, 1.807) is 4.52 Å². The number of nitrogens with one attached hydrogen (secondary N) is 1. The summed E-state index contributed by atoms with van der Waals surface area (Å²) in [5.74, 6) is 1.14. The van der Waals surface area contributed by atoms with Crippen molar-refractivity contribution in [2.45, 2.75) is 44.3 Å². The fourth-order valence-corrected chi connectivity index (χ4v) is 3.82. The van der Waals surface area contributed by atoms with Gasteiger partial charge in [-0.1, -0.05) is 42.1 Å². The average Bonchev–Trinajstić information content (AvgIpc) is 3.43. The first-order valence-corrected chi connectivity index (χ1v) is 10.4. The number of hydrogen-bond acceptors (Lipinski definition) is 5. The summed E-state index contributed by atoms with van der Waals surface area (Å²) in [6, 6.07) is 10.3. The number of carbonyl (C=O) groups excluding carboxylic acids is 1. The first-order valence-electron chi connectivity index (χ1n) is 9.18. The van der Waals surface area contributed by atoms with Gasteiger partial charge in [0, 0.05) is 17.0 Å². The van der Waals surface area contributed by atoms with Gasteiger partial charge in [0.15, 0.2) is 0 Å². The highest BCUT2D eigenvalue weighted by Crippen LogP contribution is 2.41. The van der Waals surface area contributed by atoms with Gasteiger partial charge in [-0.2, -0.15) is 4.98 Å². The van der Waals surface area contributed by atoms with Crippen LogP contribution in [0.15, 0.2) is 35.5 Å². The molecule has 1 N–H and O–H groups in total. The van der Waals surface area contributed by atoms with Crippen LogP contribution in [0.2, 0.25) is 0 Å². The van der Waals surface area contributed by atoms with E-state index in [4.69, 9.17) is 0 Å². The largest absolute Gasteiger partial charge is 0.349 e. The molecule has 1 amide bonds. The first-order chi connectivity index (χ1) is 13.1. The molecule has 1 aliphatic carbocycles. The molecule has 0 radical (unpaired) electrons. The molecule has 0 saturated heterocycles. The topological polar surface area (TPSA) is 72.2 Å². The van der Waals surface area contributed by atoms with E-state index in [9.17, 15) is 4.79 Å². The maximum absolute atomic E-state index is 12.8. The fourth-order valence-electron chi connectivity index (χ4n) is 3.48. The van der Waals surface area contributed by atoms with Crippen LogP contribution in [-0.4, -0.2) is 31.7 Å². The Morgan fingerprint density at radius 1 is 1.26 bits per heavy atom. The zero-order valence-corrected chi connectivity index (χ0v) is 16.6. The highest BCUT2D eigenvalue weighted by atomic mass is 32.2. The van der Waals surface area contributed by atoms with E-state index in [1.165, 1.54) is 30.2 Å². The van der Waals surface area contributed by atoms with Crippen molar-refractivity contribution in [2.75, 3.05) is 6.26 Å². The molecule has 4 rings (SSSR count). The number of hydrogen-bond donors (Lipinski definition) is 1. The van der Waals surface area contributed by atoms with Crippen LogP contribution >= 0.6 is 11.8 Å². The molecule has 3 aromatic rings. The molecule has 6 nitrogen and oxygen atoms in total. The number of fused-ring (bicyclic) bond motifs is 1. The zero-order valence-electron chi connectivity index (χ0n) is 15.8. The number of benzene rings is 1. The van der Waals surface area contributed by atoms with Crippen LogP contribution in [0.3, 0.4) is 0 Å². The quantitative estimate of drug-likeness (QED) is 0.664. The van der Waals surface area contributed by atoms with Crippen molar-refractivity contribution in [1.82, 2.24) is 24.9 Å². The van der Waals surface area contributed by atoms with E-state index < -0.39 is 0 Å². The number of nitrogens with zero attached hydrogens (tertiary/aromatic N) is 4. The predicted molar refractivity (Wildman–Crippen MR) is 106 cm³/mol. The second kappa shape index (κ2) is 7.31. The second-order valence-electron chi connectivity index (χ2n) is 7.04. The standard InChI is InChI=1S/C20H23N5OS/c1-12-16(13(2)25-19(21-12)23-20(24-25)27-3)11-17(26)22-18(15-9-10-15)14-7-5-4-6-8-14/h4-8,15,18H,9-11H2,1-3H3,(H,22,26). The number of aromatic nitrogens is 4. The van der Waals surface area contributed by atoms with Crippen LogP contribution in [0, 0.1) is 19.8 Å². The maximum atomic E-state index is 12.8. The Morgan fingerprint density at radius 2 is 2.00 bits per heavy atom. The van der Waals surface area contributed by atoms with E-state index in [-0.39, 0.29) is 11.9 Å². The van der Waals surface area contributed by atoms with Crippen molar-refractivity contribution in [3.63, 3.8) is 0 Å². The van der Waals surface area contributed by atoms with Crippen molar-refractivity contribution < 1.29 is 4.79 Å². The molecular formula is C20H23N5OS. The summed E-state index contributed by atoms with van der Waals surface area (Å²) in [5, 5.41) is 8.39. The Hall–Kier alpha value is -2.41. The summed E-state index contributed by atoms with van der Waals surface area (Å²) in [6.07, 6.45) is 4.57. The van der Waals surface area contributed by atoms with E-state index in [0.29, 0.717) is 23.3 Å². The maximum Gasteiger partial charge on any atom is 0.253 e. The van der Waals surface area contributed by atoms with Crippen molar-refractivity contribution >= 4 is 23.4 Å². The molecule has 1 saturated carbocycles. The summed E-state index contributed by atoms with van der Waals surface area (Å²) in [6.45, 7) is 3.90. The number of thioether (sulfide) groups is 1. The molecule has 1 atom stereocenters. The number of aryl methyl sites for hydroxylation is 2. The van der Waals surface area contributed by atoms with Crippen LogP contribution in [0.25, 0.3) is 5.78 Å². The lowest BCUT2D eigenvalue weighted by Crippen LogP contribution is -2.31. The molecule has 27 heavy (non-hydrogen) atoms. The van der Waals surface area contributed by atoms with Crippen LogP contribution in [0.1, 0.15) is 41.4 Å². The Morgan fingerprint density at radius 3 is 2.67 bits per heavy atom. The highest BCUT2D eigenvalue weighted by Gasteiger charge is 2.33. The molecule has 0 aliphatic heterocycles. The lowest BCUT2D eigenvalue weighted by atomic mass is 10.0. The second-order valence-corrected chi connectivity index (χ2v) is 7.81. The summed E-state index contributed by atoms with van der Waals surface area (Å²) < 4.78 is 1.73. The molecule has 1 aromatic carbocycles. The van der Waals surface area contributed by atoms with Gasteiger partial charge in [-0.05, 0) is 44.4 Å². The summed E-state index contributed by atoms with van der Waals surface area (Å²) >= 11 is 1.48. The summed E-state index contributed by atoms with van der Waals surface area (Å²) in [7, 11) is 0. The van der Waals surface area contributed by atoms with Crippen molar-refractivity contribution in [1.29, 1.82) is 0 Å². The highest BCUT2D eigenvalue weighted by molar-refractivity contribution is 7.98. The summed E-state index contributed by atoms with van der Waals surface area (Å²) in [4.78, 5) is 21.8. The van der Waals surface area contributed by atoms with Gasteiger partial charge in [-0.15, -0.1) is 5.10 Å². The third-order valence-electron chi connectivity index (χ3n) is 5.12. The minimum absolute atomic E-state index is 0.0216. The van der Waals surface area contributed by atoms with Gasteiger partial charge in [-0.25, -0.2) is 9.50 Å². The average molecular weight is 382 g/mol. The Balaban J connectivity index is 1.57. The number of amides is 1. The van der Waals surface area contributed by atoms with Crippen LogP contribution in [0.4, 0.5) is 0 Å². The minimum Gasteiger partial charge on any atom is -0.349 e. The Labute approximate surface area is 162 Å². The molecule has 1 unspecified atom stereocenters. The van der Waals surface area contributed by atoms with Crippen LogP contribution < -0.4 is 5.32 Å². The van der Waals surface area contributed by atoms with Gasteiger partial charge in [-0.3, -0.25) is 4.79 Å². The minimum atomic E-state index is 0.0216. The van der Waals surface area contributed by atoms with Gasteiger partial charge in [0.25, 0.3) is 5.78 Å². The van der Waals surface area contributed by atoms with Gasteiger partial charge >= 0.3 is 0 Å². The monoisotopic (exact) mass is 381 g/mol. The lowest BCUT2D eigenvalue weighted by molar-refractivity contribution is -0.121. The van der Waals surface area contributed by atoms with E-state index in [1.807, 2.05) is 38.3 Å². The molecule has 0 spiro atoms. The molecule has 7 heteroatoms. The van der Waals surface area contributed by atoms with Gasteiger partial charge in [0.1, 0.15) is 0 Å². The molecule has 1 fully saturated rings. The molecule has 140 valence electrons.